The summed E-state index contributed by atoms with van der Waals surface area (Å²) in [5.74, 6) is 1.57. The maximum Gasteiger partial charge on any atom is 0.255 e. The number of nitrogens with one attached hydrogen (secondary N) is 1. The van der Waals surface area contributed by atoms with E-state index in [-0.39, 0.29) is 11.8 Å². The number of aromatic nitrogens is 3. The second-order valence-electron chi connectivity index (χ2n) is 9.11. The molecule has 2 aromatic heterocycles. The molecule has 3 heterocycles. The van der Waals surface area contributed by atoms with Crippen molar-refractivity contribution in [2.75, 3.05) is 13.1 Å². The van der Waals surface area contributed by atoms with Crippen LogP contribution in [-0.4, -0.2) is 38.7 Å². The fourth-order valence-corrected chi connectivity index (χ4v) is 4.37. The molecule has 0 spiro atoms. The fourth-order valence-electron chi connectivity index (χ4n) is 4.37. The van der Waals surface area contributed by atoms with Crippen molar-refractivity contribution in [1.29, 1.82) is 0 Å². The van der Waals surface area contributed by atoms with E-state index in [2.05, 4.69) is 59.3 Å². The average molecular weight is 432 g/mol. The first-order chi connectivity index (χ1) is 15.5. The fraction of sp³-hybridized carbons (Fsp3) is 0.423. The molecule has 0 aliphatic carbocycles. The van der Waals surface area contributed by atoms with Gasteiger partial charge in [-0.3, -0.25) is 9.69 Å². The van der Waals surface area contributed by atoms with E-state index in [0.29, 0.717) is 12.1 Å². The van der Waals surface area contributed by atoms with Gasteiger partial charge in [0.05, 0.1) is 17.5 Å². The van der Waals surface area contributed by atoms with Crippen molar-refractivity contribution in [2.24, 2.45) is 5.92 Å². The van der Waals surface area contributed by atoms with Crippen LogP contribution < -0.4 is 5.32 Å². The molecule has 0 atom stereocenters. The van der Waals surface area contributed by atoms with Crippen molar-refractivity contribution in [3.63, 3.8) is 0 Å². The van der Waals surface area contributed by atoms with E-state index < -0.39 is 0 Å². The Labute approximate surface area is 190 Å². The summed E-state index contributed by atoms with van der Waals surface area (Å²) < 4.78 is 1.77. The van der Waals surface area contributed by atoms with Crippen molar-refractivity contribution in [3.05, 3.63) is 77.2 Å². The van der Waals surface area contributed by atoms with Crippen LogP contribution in [0.3, 0.4) is 0 Å². The second-order valence-corrected chi connectivity index (χ2v) is 9.11. The molecule has 32 heavy (non-hydrogen) atoms. The molecule has 0 bridgehead atoms. The van der Waals surface area contributed by atoms with Gasteiger partial charge in [-0.1, -0.05) is 51.1 Å². The zero-order valence-corrected chi connectivity index (χ0v) is 19.3. The van der Waals surface area contributed by atoms with Gasteiger partial charge >= 0.3 is 0 Å². The normalized spacial score (nSPS) is 15.2. The lowest BCUT2D eigenvalue weighted by Gasteiger charge is -2.30. The van der Waals surface area contributed by atoms with Gasteiger partial charge in [0.2, 0.25) is 0 Å². The summed E-state index contributed by atoms with van der Waals surface area (Å²) in [6.07, 6.45) is 5.91. The number of likely N-dealkylation sites (tertiary alicyclic amines) is 1. The van der Waals surface area contributed by atoms with Crippen molar-refractivity contribution in [1.82, 2.24) is 25.0 Å². The Morgan fingerprint density at radius 2 is 1.81 bits per heavy atom. The van der Waals surface area contributed by atoms with Gasteiger partial charge in [0.1, 0.15) is 0 Å². The number of hydrogen-bond donors (Lipinski definition) is 1. The molecule has 1 aliphatic rings. The number of carbonyl (C=O) groups excluding carboxylic acids is 1. The molecule has 0 unspecified atom stereocenters. The Hall–Kier alpha value is -2.99. The number of amides is 1. The minimum Gasteiger partial charge on any atom is -0.348 e. The number of nitrogens with zero attached hydrogens (tertiary/aromatic N) is 4. The molecule has 1 saturated heterocycles. The number of carbonyl (C=O) groups is 1. The third-order valence-electron chi connectivity index (χ3n) is 6.29. The summed E-state index contributed by atoms with van der Waals surface area (Å²) in [6, 6.07) is 14.1. The van der Waals surface area contributed by atoms with Crippen LogP contribution in [0.2, 0.25) is 0 Å². The Balaban J connectivity index is 1.47. The molecule has 4 rings (SSSR count). The van der Waals surface area contributed by atoms with Crippen molar-refractivity contribution < 1.29 is 4.79 Å². The van der Waals surface area contributed by atoms with E-state index in [1.807, 2.05) is 24.3 Å². The van der Waals surface area contributed by atoms with E-state index >= 15 is 0 Å². The van der Waals surface area contributed by atoms with Crippen molar-refractivity contribution >= 4 is 5.91 Å². The third-order valence-corrected chi connectivity index (χ3v) is 6.29. The van der Waals surface area contributed by atoms with E-state index in [4.69, 9.17) is 0 Å². The highest BCUT2D eigenvalue weighted by Gasteiger charge is 2.22. The first-order valence-electron chi connectivity index (χ1n) is 11.6. The van der Waals surface area contributed by atoms with Crippen LogP contribution in [-0.2, 0) is 13.1 Å². The molecule has 1 aromatic carbocycles. The van der Waals surface area contributed by atoms with Crippen LogP contribution in [0.5, 0.6) is 0 Å². The highest BCUT2D eigenvalue weighted by molar-refractivity contribution is 5.95. The molecule has 1 aliphatic heterocycles. The predicted molar refractivity (Wildman–Crippen MR) is 127 cm³/mol. The Morgan fingerprint density at radius 3 is 2.50 bits per heavy atom. The zero-order chi connectivity index (χ0) is 22.5. The van der Waals surface area contributed by atoms with Crippen LogP contribution in [0.4, 0.5) is 0 Å². The minimum absolute atomic E-state index is 0.0996. The molecule has 3 aromatic rings. The maximum atomic E-state index is 13.1. The van der Waals surface area contributed by atoms with Gasteiger partial charge in [0, 0.05) is 19.3 Å². The van der Waals surface area contributed by atoms with Gasteiger partial charge in [-0.15, -0.1) is 0 Å². The van der Waals surface area contributed by atoms with E-state index in [1.165, 1.54) is 24.0 Å². The van der Waals surface area contributed by atoms with Gasteiger partial charge < -0.3 is 5.32 Å². The first kappa shape index (κ1) is 22.2. The van der Waals surface area contributed by atoms with Crippen LogP contribution >= 0.6 is 0 Å². The maximum absolute atomic E-state index is 13.1. The quantitative estimate of drug-likeness (QED) is 0.596. The lowest BCUT2D eigenvalue weighted by Crippen LogP contribution is -2.33. The number of piperidine rings is 1. The van der Waals surface area contributed by atoms with Crippen LogP contribution in [0.15, 0.2) is 54.9 Å². The van der Waals surface area contributed by atoms with E-state index in [0.717, 1.165) is 37.1 Å². The van der Waals surface area contributed by atoms with Gasteiger partial charge in [-0.05, 0) is 61.0 Å². The van der Waals surface area contributed by atoms with Crippen molar-refractivity contribution in [3.8, 4) is 5.82 Å². The summed E-state index contributed by atoms with van der Waals surface area (Å²) >= 11 is 0. The molecule has 1 N–H and O–H groups in total. The standard InChI is InChI=1S/C26H33N5O/c1-19(2)25-23(17-29-31(25)24-10-6-7-13-27-24)26(32)28-16-21-8-4-5-9-22(21)18-30-14-11-20(3)12-15-30/h4-10,13,17,19-20H,11-12,14-16,18H2,1-3H3,(H,28,32). The number of benzene rings is 1. The summed E-state index contributed by atoms with van der Waals surface area (Å²) in [5, 5.41) is 7.60. The highest BCUT2D eigenvalue weighted by Crippen LogP contribution is 2.23. The largest absolute Gasteiger partial charge is 0.348 e. The molecule has 0 radical (unpaired) electrons. The summed E-state index contributed by atoms with van der Waals surface area (Å²) in [5.41, 5.74) is 3.93. The summed E-state index contributed by atoms with van der Waals surface area (Å²) in [6.45, 7) is 10.2. The molecule has 0 saturated carbocycles. The first-order valence-corrected chi connectivity index (χ1v) is 11.6. The number of pyridine rings is 1. The molecular weight excluding hydrogens is 398 g/mol. The minimum atomic E-state index is -0.0996. The highest BCUT2D eigenvalue weighted by atomic mass is 16.1. The average Bonchev–Trinajstić information content (AvgIpc) is 3.26. The second kappa shape index (κ2) is 10.1. The smallest absolute Gasteiger partial charge is 0.255 e. The SMILES string of the molecule is CC1CCN(Cc2ccccc2CNC(=O)c2cnn(-c3ccccn3)c2C(C)C)CC1. The monoisotopic (exact) mass is 431 g/mol. The zero-order valence-electron chi connectivity index (χ0n) is 19.3. The molecular formula is C26H33N5O. The predicted octanol–water partition coefficient (Wildman–Crippen LogP) is 4.55. The van der Waals surface area contributed by atoms with Crippen LogP contribution in [0, 0.1) is 5.92 Å². The lowest BCUT2D eigenvalue weighted by molar-refractivity contribution is 0.0949. The van der Waals surface area contributed by atoms with Gasteiger partial charge in [-0.25, -0.2) is 9.67 Å². The third kappa shape index (κ3) is 5.07. The number of hydrogen-bond acceptors (Lipinski definition) is 4. The molecule has 168 valence electrons. The van der Waals surface area contributed by atoms with Crippen molar-refractivity contribution in [2.45, 2.75) is 52.6 Å². The summed E-state index contributed by atoms with van der Waals surface area (Å²) in [4.78, 5) is 20.0. The molecule has 6 nitrogen and oxygen atoms in total. The van der Waals surface area contributed by atoms with Gasteiger partial charge in [0.15, 0.2) is 5.82 Å². The molecule has 6 heteroatoms. The Morgan fingerprint density at radius 1 is 1.09 bits per heavy atom. The van der Waals surface area contributed by atoms with Gasteiger partial charge in [-0.2, -0.15) is 5.10 Å². The van der Waals surface area contributed by atoms with E-state index in [9.17, 15) is 4.79 Å². The topological polar surface area (TPSA) is 63.1 Å². The van der Waals surface area contributed by atoms with Crippen LogP contribution in [0.25, 0.3) is 5.82 Å². The number of rotatable bonds is 7. The Bertz CT molecular complexity index is 1040. The van der Waals surface area contributed by atoms with Gasteiger partial charge in [0.25, 0.3) is 5.91 Å². The lowest BCUT2D eigenvalue weighted by atomic mass is 9.98. The molecule has 1 fully saturated rings. The van der Waals surface area contributed by atoms with E-state index in [1.54, 1.807) is 17.1 Å². The Kier molecular flexibility index (Phi) is 7.00. The summed E-state index contributed by atoms with van der Waals surface area (Å²) in [7, 11) is 0. The molecule has 1 amide bonds. The van der Waals surface area contributed by atoms with Crippen LogP contribution in [0.1, 0.15) is 66.7 Å².